The van der Waals surface area contributed by atoms with Gasteiger partial charge in [0.2, 0.25) is 0 Å². The summed E-state index contributed by atoms with van der Waals surface area (Å²) in [6, 6.07) is 7.14. The van der Waals surface area contributed by atoms with Crippen molar-refractivity contribution in [1.29, 1.82) is 0 Å². The average molecular weight is 302 g/mol. The molecular formula is C21H31F. The maximum Gasteiger partial charge on any atom is 0.123 e. The number of hydrogen-bond donors (Lipinski definition) is 0. The molecule has 0 spiro atoms. The van der Waals surface area contributed by atoms with Crippen LogP contribution >= 0.6 is 0 Å². The number of unbranched alkanes of at least 4 members (excludes halogenated alkanes) is 2. The number of hydrogen-bond acceptors (Lipinski definition) is 0. The van der Waals surface area contributed by atoms with Gasteiger partial charge in [-0.05, 0) is 54.7 Å². The van der Waals surface area contributed by atoms with Gasteiger partial charge in [0.1, 0.15) is 5.82 Å². The Morgan fingerprint density at radius 2 is 1.82 bits per heavy atom. The minimum Gasteiger partial charge on any atom is -0.207 e. The van der Waals surface area contributed by atoms with Crippen LogP contribution in [0.3, 0.4) is 0 Å². The number of halogens is 1. The normalized spacial score (nSPS) is 23.2. The molecular weight excluding hydrogens is 271 g/mol. The maximum atomic E-state index is 13.2. The first kappa shape index (κ1) is 17.2. The van der Waals surface area contributed by atoms with Gasteiger partial charge >= 0.3 is 0 Å². The molecule has 0 N–H and O–H groups in total. The van der Waals surface area contributed by atoms with Crippen molar-refractivity contribution in [3.63, 3.8) is 0 Å². The van der Waals surface area contributed by atoms with Crippen LogP contribution < -0.4 is 0 Å². The summed E-state index contributed by atoms with van der Waals surface area (Å²) in [5.41, 5.74) is 1.29. The fourth-order valence-electron chi connectivity index (χ4n) is 4.05. The Kier molecular flexibility index (Phi) is 7.15. The lowest BCUT2D eigenvalue weighted by Gasteiger charge is -2.34. The predicted octanol–water partition coefficient (Wildman–Crippen LogP) is 6.87. The Hall–Kier alpha value is -1.11. The van der Waals surface area contributed by atoms with E-state index < -0.39 is 0 Å². The topological polar surface area (TPSA) is 0 Å². The van der Waals surface area contributed by atoms with E-state index in [-0.39, 0.29) is 5.82 Å². The van der Waals surface area contributed by atoms with E-state index >= 15 is 0 Å². The molecule has 0 radical (unpaired) electrons. The van der Waals surface area contributed by atoms with Crippen LogP contribution in [0.5, 0.6) is 0 Å². The minimum absolute atomic E-state index is 0.138. The highest BCUT2D eigenvalue weighted by Gasteiger charge is 2.27. The second-order valence-corrected chi connectivity index (χ2v) is 6.96. The highest BCUT2D eigenvalue weighted by atomic mass is 19.1. The van der Waals surface area contributed by atoms with Crippen molar-refractivity contribution >= 4 is 0 Å². The van der Waals surface area contributed by atoms with Crippen molar-refractivity contribution in [3.05, 3.63) is 48.3 Å². The molecule has 1 unspecified atom stereocenters. The smallest absolute Gasteiger partial charge is 0.123 e. The van der Waals surface area contributed by atoms with Crippen molar-refractivity contribution < 1.29 is 4.39 Å². The fourth-order valence-corrected chi connectivity index (χ4v) is 4.05. The fraction of sp³-hybridized carbons (Fsp3) is 0.619. The zero-order valence-corrected chi connectivity index (χ0v) is 14.1. The van der Waals surface area contributed by atoms with Gasteiger partial charge in [0.25, 0.3) is 0 Å². The summed E-state index contributed by atoms with van der Waals surface area (Å²) in [5.74, 6) is 2.07. The van der Waals surface area contributed by atoms with Crippen molar-refractivity contribution in [1.82, 2.24) is 0 Å². The van der Waals surface area contributed by atoms with E-state index in [2.05, 4.69) is 13.5 Å². The quantitative estimate of drug-likeness (QED) is 0.363. The summed E-state index contributed by atoms with van der Waals surface area (Å²) < 4.78 is 13.2. The van der Waals surface area contributed by atoms with Crippen LogP contribution in [-0.4, -0.2) is 0 Å². The predicted molar refractivity (Wildman–Crippen MR) is 93.5 cm³/mol. The summed E-state index contributed by atoms with van der Waals surface area (Å²) >= 11 is 0. The molecule has 0 amide bonds. The Morgan fingerprint density at radius 1 is 1.14 bits per heavy atom. The zero-order valence-electron chi connectivity index (χ0n) is 14.1. The second kappa shape index (κ2) is 9.12. The highest BCUT2D eigenvalue weighted by molar-refractivity contribution is 5.22. The van der Waals surface area contributed by atoms with Crippen LogP contribution in [0.25, 0.3) is 0 Å². The molecule has 122 valence electrons. The van der Waals surface area contributed by atoms with Gasteiger partial charge in [-0.3, -0.25) is 0 Å². The van der Waals surface area contributed by atoms with Crippen LogP contribution in [0.2, 0.25) is 0 Å². The summed E-state index contributed by atoms with van der Waals surface area (Å²) in [6.45, 7) is 6.21. The van der Waals surface area contributed by atoms with Gasteiger partial charge in [0, 0.05) is 0 Å². The van der Waals surface area contributed by atoms with Gasteiger partial charge in [0.15, 0.2) is 0 Å². The Balaban J connectivity index is 1.91. The van der Waals surface area contributed by atoms with Gasteiger partial charge in [-0.25, -0.2) is 4.39 Å². The Morgan fingerprint density at radius 3 is 2.41 bits per heavy atom. The summed E-state index contributed by atoms with van der Waals surface area (Å²) in [4.78, 5) is 0. The first-order valence-electron chi connectivity index (χ1n) is 9.11. The van der Waals surface area contributed by atoms with Crippen LogP contribution in [0.15, 0.2) is 36.9 Å². The zero-order chi connectivity index (χ0) is 15.8. The molecule has 0 aromatic heterocycles. The first-order valence-corrected chi connectivity index (χ1v) is 9.11. The number of allylic oxidation sites excluding steroid dienone is 1. The third-order valence-electron chi connectivity index (χ3n) is 5.40. The third kappa shape index (κ3) is 4.97. The van der Waals surface area contributed by atoms with E-state index in [1.165, 1.54) is 56.9 Å². The Bertz CT molecular complexity index is 426. The standard InChI is InChI=1S/C21H31F/c1-3-5-6-8-17-9-11-18(12-10-17)21(7-4-2)19-13-15-20(22)16-14-19/h4,13-18,21H,2-3,5-12H2,1H3/t17-,18-,21?. The molecule has 0 bridgehead atoms. The molecule has 2 rings (SSSR count). The monoisotopic (exact) mass is 302 g/mol. The molecule has 1 aromatic carbocycles. The molecule has 1 aliphatic rings. The van der Waals surface area contributed by atoms with Gasteiger partial charge in [-0.1, -0.05) is 63.7 Å². The number of rotatable bonds is 8. The van der Waals surface area contributed by atoms with Crippen LogP contribution in [0, 0.1) is 17.7 Å². The lowest BCUT2D eigenvalue weighted by Crippen LogP contribution is -2.20. The van der Waals surface area contributed by atoms with Gasteiger partial charge in [-0.15, -0.1) is 6.58 Å². The number of benzene rings is 1. The van der Waals surface area contributed by atoms with Crippen LogP contribution in [-0.2, 0) is 0 Å². The van der Waals surface area contributed by atoms with Crippen LogP contribution in [0.1, 0.15) is 76.2 Å². The molecule has 1 heteroatoms. The highest BCUT2D eigenvalue weighted by Crippen LogP contribution is 2.41. The Labute approximate surface area is 135 Å². The maximum absolute atomic E-state index is 13.2. The van der Waals surface area contributed by atoms with Crippen molar-refractivity contribution in [2.24, 2.45) is 11.8 Å². The molecule has 0 aliphatic heterocycles. The SMILES string of the molecule is C=CCC(c1ccc(F)cc1)[C@H]1CC[C@H](CCCCC)CC1. The van der Waals surface area contributed by atoms with Crippen LogP contribution in [0.4, 0.5) is 4.39 Å². The molecule has 1 saturated carbocycles. The van der Waals surface area contributed by atoms with Gasteiger partial charge in [-0.2, -0.15) is 0 Å². The third-order valence-corrected chi connectivity index (χ3v) is 5.40. The van der Waals surface area contributed by atoms with E-state index in [1.54, 1.807) is 12.1 Å². The lowest BCUT2D eigenvalue weighted by atomic mass is 9.71. The lowest BCUT2D eigenvalue weighted by molar-refractivity contribution is 0.230. The van der Waals surface area contributed by atoms with Gasteiger partial charge in [0.05, 0.1) is 0 Å². The van der Waals surface area contributed by atoms with E-state index in [0.717, 1.165) is 18.3 Å². The molecule has 1 atom stereocenters. The largest absolute Gasteiger partial charge is 0.207 e. The van der Waals surface area contributed by atoms with E-state index in [0.29, 0.717) is 5.92 Å². The minimum atomic E-state index is -0.138. The summed E-state index contributed by atoms with van der Waals surface area (Å²) in [7, 11) is 0. The van der Waals surface area contributed by atoms with E-state index in [9.17, 15) is 4.39 Å². The molecule has 0 nitrogen and oxygen atoms in total. The second-order valence-electron chi connectivity index (χ2n) is 6.96. The summed E-state index contributed by atoms with van der Waals surface area (Å²) in [5, 5.41) is 0. The first-order chi connectivity index (χ1) is 10.7. The van der Waals surface area contributed by atoms with Crippen molar-refractivity contribution in [3.8, 4) is 0 Å². The average Bonchev–Trinajstić information content (AvgIpc) is 2.55. The van der Waals surface area contributed by atoms with E-state index in [4.69, 9.17) is 0 Å². The van der Waals surface area contributed by atoms with E-state index in [1.807, 2.05) is 18.2 Å². The molecule has 0 saturated heterocycles. The van der Waals surface area contributed by atoms with Gasteiger partial charge < -0.3 is 0 Å². The molecule has 1 aliphatic carbocycles. The molecule has 22 heavy (non-hydrogen) atoms. The van der Waals surface area contributed by atoms with Crippen molar-refractivity contribution in [2.45, 2.75) is 70.6 Å². The molecule has 1 aromatic rings. The summed E-state index contributed by atoms with van der Waals surface area (Å²) in [6.07, 6.45) is 14.0. The van der Waals surface area contributed by atoms with Crippen molar-refractivity contribution in [2.75, 3.05) is 0 Å². The molecule has 0 heterocycles. The molecule has 1 fully saturated rings.